The van der Waals surface area contributed by atoms with Crippen molar-refractivity contribution in [3.63, 3.8) is 0 Å². The molecular formula is C20H21ClN4O4. The molecule has 1 atom stereocenters. The number of carboxylic acids is 1. The Kier molecular flexibility index (Phi) is 7.73. The zero-order valence-electron chi connectivity index (χ0n) is 15.7. The Balaban J connectivity index is 1.99. The molecule has 0 saturated carbocycles. The summed E-state index contributed by atoms with van der Waals surface area (Å²) in [4.78, 5) is 39.7. The highest BCUT2D eigenvalue weighted by atomic mass is 35.5. The van der Waals surface area contributed by atoms with Crippen LogP contribution in [0.25, 0.3) is 0 Å². The predicted molar refractivity (Wildman–Crippen MR) is 110 cm³/mol. The molecule has 0 saturated heterocycles. The maximum atomic E-state index is 12.2. The lowest BCUT2D eigenvalue weighted by Gasteiger charge is -2.16. The summed E-state index contributed by atoms with van der Waals surface area (Å²) in [7, 11) is 0. The summed E-state index contributed by atoms with van der Waals surface area (Å²) < 4.78 is 0. The van der Waals surface area contributed by atoms with Crippen molar-refractivity contribution >= 4 is 40.9 Å². The van der Waals surface area contributed by atoms with Crippen molar-refractivity contribution in [3.8, 4) is 0 Å². The fourth-order valence-corrected chi connectivity index (χ4v) is 2.77. The highest BCUT2D eigenvalue weighted by Gasteiger charge is 2.20. The van der Waals surface area contributed by atoms with Crippen molar-refractivity contribution in [1.82, 2.24) is 10.9 Å². The van der Waals surface area contributed by atoms with Crippen molar-refractivity contribution in [2.24, 2.45) is 10.7 Å². The molecule has 1 unspecified atom stereocenters. The van der Waals surface area contributed by atoms with Gasteiger partial charge in [-0.1, -0.05) is 29.8 Å². The van der Waals surface area contributed by atoms with Crippen LogP contribution in [0.3, 0.4) is 0 Å². The summed E-state index contributed by atoms with van der Waals surface area (Å²) in [6.45, 7) is 1.63. The van der Waals surface area contributed by atoms with Crippen molar-refractivity contribution < 1.29 is 19.5 Å². The molecule has 0 aliphatic rings. The number of halogens is 1. The number of amides is 2. The summed E-state index contributed by atoms with van der Waals surface area (Å²) in [5, 5.41) is 9.63. The van der Waals surface area contributed by atoms with E-state index in [1.165, 1.54) is 6.07 Å². The van der Waals surface area contributed by atoms with Crippen LogP contribution in [0.2, 0.25) is 5.02 Å². The molecule has 2 rings (SSSR count). The first kappa shape index (κ1) is 21.9. The van der Waals surface area contributed by atoms with Crippen LogP contribution in [0.15, 0.2) is 53.5 Å². The van der Waals surface area contributed by atoms with Crippen molar-refractivity contribution in [2.45, 2.75) is 25.7 Å². The molecule has 8 nitrogen and oxygen atoms in total. The lowest BCUT2D eigenvalue weighted by molar-refractivity contribution is -0.137. The molecule has 152 valence electrons. The topological polar surface area (TPSA) is 134 Å². The molecule has 0 aromatic heterocycles. The molecule has 29 heavy (non-hydrogen) atoms. The third-order valence-electron chi connectivity index (χ3n) is 3.92. The minimum atomic E-state index is -1.03. The average Bonchev–Trinajstić information content (AvgIpc) is 2.65. The Hall–Kier alpha value is -3.39. The molecule has 0 bridgehead atoms. The largest absolute Gasteiger partial charge is 0.481 e. The van der Waals surface area contributed by atoms with Gasteiger partial charge in [0.25, 0.3) is 5.91 Å². The van der Waals surface area contributed by atoms with Gasteiger partial charge >= 0.3 is 5.97 Å². The molecular weight excluding hydrogens is 396 g/mol. The fourth-order valence-electron chi connectivity index (χ4n) is 2.65. The number of aliphatic carboxylic acids is 1. The molecule has 2 amide bonds. The number of nitrogens with zero attached hydrogens (tertiary/aromatic N) is 1. The van der Waals surface area contributed by atoms with Crippen molar-refractivity contribution in [1.29, 1.82) is 0 Å². The third kappa shape index (κ3) is 7.27. The monoisotopic (exact) mass is 416 g/mol. The Bertz CT molecular complexity index is 924. The number of hydrogen-bond donors (Lipinski definition) is 4. The van der Waals surface area contributed by atoms with Crippen LogP contribution in [0.1, 0.15) is 41.6 Å². The number of aliphatic imine (C=N–C) groups is 1. The number of amidine groups is 1. The molecule has 0 aliphatic heterocycles. The van der Waals surface area contributed by atoms with Gasteiger partial charge in [-0.25, -0.2) is 4.99 Å². The quantitative estimate of drug-likeness (QED) is 0.313. The Morgan fingerprint density at radius 3 is 2.41 bits per heavy atom. The van der Waals surface area contributed by atoms with E-state index in [1.54, 1.807) is 49.4 Å². The minimum absolute atomic E-state index is 0.120. The molecule has 2 aromatic rings. The second-order valence-electron chi connectivity index (χ2n) is 6.36. The summed E-state index contributed by atoms with van der Waals surface area (Å²) in [5.41, 5.74) is 11.6. The molecule has 9 heteroatoms. The highest BCUT2D eigenvalue weighted by molar-refractivity contribution is 6.30. The van der Waals surface area contributed by atoms with Gasteiger partial charge < -0.3 is 10.8 Å². The smallest absolute Gasteiger partial charge is 0.303 e. The van der Waals surface area contributed by atoms with E-state index < -0.39 is 23.7 Å². The van der Waals surface area contributed by atoms with Crippen LogP contribution in [0.5, 0.6) is 0 Å². The van der Waals surface area contributed by atoms with E-state index >= 15 is 0 Å². The summed E-state index contributed by atoms with van der Waals surface area (Å²) in [6, 6.07) is 13.0. The molecule has 0 spiro atoms. The molecule has 0 radical (unpaired) electrons. The van der Waals surface area contributed by atoms with E-state index in [-0.39, 0.29) is 18.4 Å². The SMILES string of the molecule is CC(N)=Nc1cccc(C(=O)NNC(=O)CC(CC(=O)O)c2ccc(Cl)cc2)c1. The number of nitrogens with two attached hydrogens (primary N) is 1. The zero-order chi connectivity index (χ0) is 21.4. The van der Waals surface area contributed by atoms with Gasteiger partial charge in [-0.05, 0) is 42.8 Å². The van der Waals surface area contributed by atoms with Gasteiger partial charge in [0.2, 0.25) is 5.91 Å². The Labute approximate surface area is 172 Å². The normalized spacial score (nSPS) is 12.1. The Morgan fingerprint density at radius 1 is 1.10 bits per heavy atom. The number of rotatable bonds is 7. The van der Waals surface area contributed by atoms with Crippen molar-refractivity contribution in [2.75, 3.05) is 0 Å². The van der Waals surface area contributed by atoms with Crippen LogP contribution >= 0.6 is 11.6 Å². The first-order valence-corrected chi connectivity index (χ1v) is 9.09. The summed E-state index contributed by atoms with van der Waals surface area (Å²) in [5.74, 6) is -2.30. The lowest BCUT2D eigenvalue weighted by Crippen LogP contribution is -2.42. The number of hydrogen-bond acceptors (Lipinski definition) is 4. The third-order valence-corrected chi connectivity index (χ3v) is 4.18. The van der Waals surface area contributed by atoms with Gasteiger partial charge in [0.05, 0.1) is 17.9 Å². The van der Waals surface area contributed by atoms with Gasteiger partial charge in [0, 0.05) is 22.9 Å². The number of carbonyl (C=O) groups excluding carboxylic acids is 2. The number of hydrazine groups is 1. The van der Waals surface area contributed by atoms with Gasteiger partial charge in [0.15, 0.2) is 0 Å². The van der Waals surface area contributed by atoms with Crippen LogP contribution in [-0.4, -0.2) is 28.7 Å². The minimum Gasteiger partial charge on any atom is -0.481 e. The predicted octanol–water partition coefficient (Wildman–Crippen LogP) is 2.76. The molecule has 0 aliphatic carbocycles. The first-order chi connectivity index (χ1) is 13.7. The maximum Gasteiger partial charge on any atom is 0.303 e. The average molecular weight is 417 g/mol. The van der Waals surface area contributed by atoms with E-state index in [4.69, 9.17) is 22.4 Å². The second kappa shape index (κ2) is 10.2. The number of carbonyl (C=O) groups is 3. The summed E-state index contributed by atoms with van der Waals surface area (Å²) in [6.07, 6.45) is -0.355. The van der Waals surface area contributed by atoms with Gasteiger partial charge in [-0.3, -0.25) is 25.2 Å². The number of nitrogens with one attached hydrogen (secondary N) is 2. The molecule has 0 heterocycles. The van der Waals surface area contributed by atoms with Crippen LogP contribution in [-0.2, 0) is 9.59 Å². The first-order valence-electron chi connectivity index (χ1n) is 8.72. The standard InChI is InChI=1S/C20H21ClN4O4/c1-12(22)23-17-4-2-3-14(9-17)20(29)25-24-18(26)10-15(11-19(27)28)13-5-7-16(21)8-6-13/h2-9,15H,10-11H2,1H3,(H2,22,23)(H,24,26)(H,25,29)(H,27,28). The van der Waals surface area contributed by atoms with Gasteiger partial charge in [-0.2, -0.15) is 0 Å². The fraction of sp³-hybridized carbons (Fsp3) is 0.200. The van der Waals surface area contributed by atoms with Gasteiger partial charge in [0.1, 0.15) is 0 Å². The van der Waals surface area contributed by atoms with E-state index in [1.807, 2.05) is 0 Å². The molecule has 0 fully saturated rings. The van der Waals surface area contributed by atoms with Crippen LogP contribution in [0.4, 0.5) is 5.69 Å². The van der Waals surface area contributed by atoms with E-state index in [2.05, 4.69) is 15.8 Å². The van der Waals surface area contributed by atoms with Crippen LogP contribution < -0.4 is 16.6 Å². The molecule has 2 aromatic carbocycles. The zero-order valence-corrected chi connectivity index (χ0v) is 16.4. The highest BCUT2D eigenvalue weighted by Crippen LogP contribution is 2.25. The molecule has 5 N–H and O–H groups in total. The van der Waals surface area contributed by atoms with Gasteiger partial charge in [-0.15, -0.1) is 0 Å². The number of carboxylic acid groups (broad SMARTS) is 1. The lowest BCUT2D eigenvalue weighted by atomic mass is 9.92. The number of benzene rings is 2. The van der Waals surface area contributed by atoms with Crippen molar-refractivity contribution in [3.05, 3.63) is 64.7 Å². The van der Waals surface area contributed by atoms with E-state index in [9.17, 15) is 14.4 Å². The van der Waals surface area contributed by atoms with Crippen LogP contribution in [0, 0.1) is 0 Å². The Morgan fingerprint density at radius 2 is 1.79 bits per heavy atom. The van der Waals surface area contributed by atoms with E-state index in [0.717, 1.165) is 0 Å². The van der Waals surface area contributed by atoms with E-state index in [0.29, 0.717) is 22.1 Å². The second-order valence-corrected chi connectivity index (χ2v) is 6.79. The summed E-state index contributed by atoms with van der Waals surface area (Å²) >= 11 is 5.85. The maximum absolute atomic E-state index is 12.2.